The van der Waals surface area contributed by atoms with Crippen molar-refractivity contribution in [2.24, 2.45) is 0 Å². The number of carbonyl (C=O) groups excluding carboxylic acids is 3. The Bertz CT molecular complexity index is 1160. The van der Waals surface area contributed by atoms with Crippen LogP contribution < -0.4 is 10.6 Å². The van der Waals surface area contributed by atoms with Gasteiger partial charge in [0, 0.05) is 17.4 Å². The molecule has 0 bridgehead atoms. The fourth-order valence-corrected chi connectivity index (χ4v) is 3.64. The van der Waals surface area contributed by atoms with E-state index in [1.54, 1.807) is 35.2 Å². The van der Waals surface area contributed by atoms with Crippen molar-refractivity contribution in [2.45, 2.75) is 12.5 Å². The van der Waals surface area contributed by atoms with Crippen LogP contribution in [-0.4, -0.2) is 33.9 Å². The summed E-state index contributed by atoms with van der Waals surface area (Å²) in [4.78, 5) is 38.9. The molecule has 0 spiro atoms. The average molecular weight is 441 g/mol. The summed E-state index contributed by atoms with van der Waals surface area (Å²) in [7, 11) is 0. The van der Waals surface area contributed by atoms with E-state index in [1.165, 1.54) is 31.2 Å². The zero-order valence-electron chi connectivity index (χ0n) is 16.4. The lowest BCUT2D eigenvalue weighted by Gasteiger charge is -2.22. The van der Waals surface area contributed by atoms with Crippen LogP contribution in [0.4, 0.5) is 14.9 Å². The second kappa shape index (κ2) is 7.88. The summed E-state index contributed by atoms with van der Waals surface area (Å²) in [6, 6.07) is 13.2. The topological polar surface area (TPSA) is 83.4 Å². The van der Waals surface area contributed by atoms with E-state index in [2.05, 4.69) is 10.6 Å². The lowest BCUT2D eigenvalue weighted by atomic mass is 9.92. The number of hydrogen-bond donors (Lipinski definition) is 2. The lowest BCUT2D eigenvalue weighted by molar-refractivity contribution is -0.133. The SMILES string of the molecule is CC1(c2ccc(F)cc2)NC(=O)N(CC(=O)Nc2ccc(Cl)cc2-n2cccc2)C1=O. The predicted octanol–water partition coefficient (Wildman–Crippen LogP) is 3.68. The maximum atomic E-state index is 13.2. The molecule has 31 heavy (non-hydrogen) atoms. The minimum absolute atomic E-state index is 0.419. The number of anilines is 1. The maximum Gasteiger partial charge on any atom is 0.325 e. The van der Waals surface area contributed by atoms with Crippen molar-refractivity contribution in [1.82, 2.24) is 14.8 Å². The summed E-state index contributed by atoms with van der Waals surface area (Å²) in [6.07, 6.45) is 3.60. The molecule has 3 aromatic rings. The number of hydrogen-bond acceptors (Lipinski definition) is 3. The third-order valence-corrected chi connectivity index (χ3v) is 5.35. The van der Waals surface area contributed by atoms with Crippen LogP contribution in [0.15, 0.2) is 67.0 Å². The maximum absolute atomic E-state index is 13.2. The predicted molar refractivity (Wildman–Crippen MR) is 113 cm³/mol. The van der Waals surface area contributed by atoms with Crippen LogP contribution in [0, 0.1) is 5.82 Å². The van der Waals surface area contributed by atoms with Crippen molar-refractivity contribution >= 4 is 35.1 Å². The number of halogens is 2. The Balaban J connectivity index is 1.53. The molecule has 1 atom stereocenters. The van der Waals surface area contributed by atoms with Crippen LogP contribution in [0.1, 0.15) is 12.5 Å². The van der Waals surface area contributed by atoms with Crippen LogP contribution in [0.3, 0.4) is 0 Å². The molecule has 158 valence electrons. The van der Waals surface area contributed by atoms with Gasteiger partial charge in [-0.2, -0.15) is 0 Å². The third kappa shape index (κ3) is 3.89. The molecule has 0 radical (unpaired) electrons. The van der Waals surface area contributed by atoms with Gasteiger partial charge in [0.15, 0.2) is 0 Å². The number of imide groups is 1. The smallest absolute Gasteiger partial charge is 0.323 e. The van der Waals surface area contributed by atoms with Crippen LogP contribution in [0.2, 0.25) is 5.02 Å². The number of aromatic nitrogens is 1. The molecule has 1 unspecified atom stereocenters. The molecule has 1 aliphatic heterocycles. The van der Waals surface area contributed by atoms with Crippen molar-refractivity contribution in [3.63, 3.8) is 0 Å². The molecule has 4 amide bonds. The van der Waals surface area contributed by atoms with Crippen molar-refractivity contribution in [1.29, 1.82) is 0 Å². The molecule has 7 nitrogen and oxygen atoms in total. The Hall–Kier alpha value is -3.65. The van der Waals surface area contributed by atoms with Gasteiger partial charge in [0.25, 0.3) is 5.91 Å². The Kier molecular flexibility index (Phi) is 5.24. The highest BCUT2D eigenvalue weighted by atomic mass is 35.5. The Labute approximate surface area is 182 Å². The summed E-state index contributed by atoms with van der Waals surface area (Å²) in [5.74, 6) is -1.61. The van der Waals surface area contributed by atoms with Crippen molar-refractivity contribution < 1.29 is 18.8 Å². The summed E-state index contributed by atoms with van der Waals surface area (Å²) in [5, 5.41) is 5.81. The van der Waals surface area contributed by atoms with E-state index >= 15 is 0 Å². The fourth-order valence-electron chi connectivity index (χ4n) is 3.47. The first-order valence-electron chi connectivity index (χ1n) is 9.41. The molecule has 9 heteroatoms. The van der Waals surface area contributed by atoms with E-state index in [0.29, 0.717) is 22.0 Å². The first kappa shape index (κ1) is 20.6. The largest absolute Gasteiger partial charge is 0.325 e. The van der Waals surface area contributed by atoms with Crippen LogP contribution in [0.5, 0.6) is 0 Å². The Morgan fingerprint density at radius 2 is 1.81 bits per heavy atom. The number of urea groups is 1. The minimum Gasteiger partial charge on any atom is -0.323 e. The van der Waals surface area contributed by atoms with E-state index in [1.807, 2.05) is 12.1 Å². The number of rotatable bonds is 5. The second-order valence-electron chi connectivity index (χ2n) is 7.25. The second-order valence-corrected chi connectivity index (χ2v) is 7.69. The lowest BCUT2D eigenvalue weighted by Crippen LogP contribution is -2.42. The van der Waals surface area contributed by atoms with Crippen LogP contribution >= 0.6 is 11.6 Å². The van der Waals surface area contributed by atoms with Gasteiger partial charge in [-0.1, -0.05) is 23.7 Å². The molecule has 2 heterocycles. The molecule has 2 N–H and O–H groups in total. The standard InChI is InChI=1S/C22H18ClFN4O3/c1-22(14-4-7-16(24)8-5-14)20(30)28(21(31)26-22)13-19(29)25-17-9-6-15(23)12-18(17)27-10-2-3-11-27/h2-12H,13H2,1H3,(H,25,29)(H,26,31). The van der Waals surface area contributed by atoms with Crippen molar-refractivity contribution in [3.05, 3.63) is 83.4 Å². The molecule has 0 saturated carbocycles. The number of nitrogens with one attached hydrogen (secondary N) is 2. The third-order valence-electron chi connectivity index (χ3n) is 5.11. The van der Waals surface area contributed by atoms with E-state index in [4.69, 9.17) is 11.6 Å². The first-order chi connectivity index (χ1) is 14.8. The highest BCUT2D eigenvalue weighted by Crippen LogP contribution is 2.29. The quantitative estimate of drug-likeness (QED) is 0.594. The number of carbonyl (C=O) groups is 3. The summed E-state index contributed by atoms with van der Waals surface area (Å²) < 4.78 is 15.0. The van der Waals surface area contributed by atoms with Gasteiger partial charge in [0.05, 0.1) is 11.4 Å². The molecule has 1 fully saturated rings. The summed E-state index contributed by atoms with van der Waals surface area (Å²) >= 11 is 6.09. The zero-order valence-corrected chi connectivity index (χ0v) is 17.2. The van der Waals surface area contributed by atoms with Gasteiger partial charge >= 0.3 is 6.03 Å². The first-order valence-corrected chi connectivity index (χ1v) is 9.78. The number of amides is 4. The zero-order chi connectivity index (χ0) is 22.2. The van der Waals surface area contributed by atoms with Gasteiger partial charge in [-0.05, 0) is 55.0 Å². The molecular weight excluding hydrogens is 423 g/mol. The van der Waals surface area contributed by atoms with Gasteiger partial charge in [-0.3, -0.25) is 14.5 Å². The van der Waals surface area contributed by atoms with Crippen LogP contribution in [0.25, 0.3) is 5.69 Å². The summed E-state index contributed by atoms with van der Waals surface area (Å²) in [6.45, 7) is 1.04. The van der Waals surface area contributed by atoms with E-state index in [0.717, 1.165) is 4.90 Å². The number of benzene rings is 2. The molecule has 1 aromatic heterocycles. The molecule has 0 aliphatic carbocycles. The van der Waals surface area contributed by atoms with Gasteiger partial charge in [0.1, 0.15) is 17.9 Å². The summed E-state index contributed by atoms with van der Waals surface area (Å²) in [5.41, 5.74) is 0.141. The Morgan fingerprint density at radius 3 is 2.48 bits per heavy atom. The highest BCUT2D eigenvalue weighted by molar-refractivity contribution is 6.31. The molecule has 4 rings (SSSR count). The van der Waals surface area contributed by atoms with Crippen molar-refractivity contribution in [2.75, 3.05) is 11.9 Å². The van der Waals surface area contributed by atoms with Gasteiger partial charge < -0.3 is 15.2 Å². The Morgan fingerprint density at radius 1 is 1.13 bits per heavy atom. The van der Waals surface area contributed by atoms with E-state index in [9.17, 15) is 18.8 Å². The fraction of sp³-hybridized carbons (Fsp3) is 0.136. The van der Waals surface area contributed by atoms with Crippen molar-refractivity contribution in [3.8, 4) is 5.69 Å². The van der Waals surface area contributed by atoms with E-state index < -0.39 is 35.7 Å². The monoisotopic (exact) mass is 440 g/mol. The molecule has 1 saturated heterocycles. The molecule has 1 aliphatic rings. The van der Waals surface area contributed by atoms with Gasteiger partial charge in [-0.25, -0.2) is 9.18 Å². The minimum atomic E-state index is -1.39. The van der Waals surface area contributed by atoms with E-state index in [-0.39, 0.29) is 0 Å². The van der Waals surface area contributed by atoms with Gasteiger partial charge in [0.2, 0.25) is 5.91 Å². The molecule has 2 aromatic carbocycles. The normalized spacial score (nSPS) is 18.2. The molecular formula is C22H18ClFN4O3. The highest BCUT2D eigenvalue weighted by Gasteiger charge is 2.49. The average Bonchev–Trinajstić information content (AvgIpc) is 3.34. The van der Waals surface area contributed by atoms with Crippen LogP contribution in [-0.2, 0) is 15.1 Å². The number of nitrogens with zero attached hydrogens (tertiary/aromatic N) is 2. The van der Waals surface area contributed by atoms with Gasteiger partial charge in [-0.15, -0.1) is 0 Å².